The Kier molecular flexibility index (Phi) is 9.77. The molecule has 2 heteroatoms. The van der Waals surface area contributed by atoms with Gasteiger partial charge in [-0.25, -0.2) is 0 Å². The molecule has 0 spiro atoms. The molecule has 69 heavy (non-hydrogen) atoms. The van der Waals surface area contributed by atoms with Crippen molar-refractivity contribution in [1.82, 2.24) is 0 Å². The Bertz CT molecular complexity index is 3780. The van der Waals surface area contributed by atoms with E-state index in [4.69, 9.17) is 4.42 Å². The fourth-order valence-corrected chi connectivity index (χ4v) is 11.1. The molecule has 1 aliphatic rings. The van der Waals surface area contributed by atoms with Crippen molar-refractivity contribution in [2.24, 2.45) is 0 Å². The van der Waals surface area contributed by atoms with Crippen molar-refractivity contribution in [2.75, 3.05) is 4.90 Å². The SMILES string of the molecule is c1ccc(-c2cccc(-c3ccc(N(c4ccc(-c5cccc6c5oc5ccccc56)cc4)c4cccc(-c5cccc6c5-c5ccccc5C6(c5ccccc5)c5ccccc5)c4)cc3)c2)cc1. The molecule has 0 bridgehead atoms. The molecule has 11 aromatic carbocycles. The maximum atomic E-state index is 6.50. The van der Waals surface area contributed by atoms with E-state index in [2.05, 4.69) is 266 Å². The summed E-state index contributed by atoms with van der Waals surface area (Å²) in [6.07, 6.45) is 0. The first-order valence-electron chi connectivity index (χ1n) is 23.7. The minimum absolute atomic E-state index is 0.481. The summed E-state index contributed by atoms with van der Waals surface area (Å²) < 4.78 is 6.50. The Balaban J connectivity index is 0.951. The number of furan rings is 1. The van der Waals surface area contributed by atoms with Gasteiger partial charge in [-0.15, -0.1) is 0 Å². The highest BCUT2D eigenvalue weighted by Gasteiger charge is 2.46. The molecule has 0 amide bonds. The zero-order chi connectivity index (χ0) is 45.7. The molecule has 324 valence electrons. The van der Waals surface area contributed by atoms with Gasteiger partial charge in [-0.3, -0.25) is 0 Å². The zero-order valence-corrected chi connectivity index (χ0v) is 37.8. The molecule has 12 aromatic rings. The summed E-state index contributed by atoms with van der Waals surface area (Å²) in [6, 6.07) is 99.1. The van der Waals surface area contributed by atoms with E-state index < -0.39 is 5.41 Å². The van der Waals surface area contributed by atoms with Gasteiger partial charge < -0.3 is 9.32 Å². The van der Waals surface area contributed by atoms with Crippen molar-refractivity contribution in [3.8, 4) is 55.6 Å². The van der Waals surface area contributed by atoms with Crippen molar-refractivity contribution in [1.29, 1.82) is 0 Å². The van der Waals surface area contributed by atoms with E-state index >= 15 is 0 Å². The predicted octanol–water partition coefficient (Wildman–Crippen LogP) is 18.1. The number of para-hydroxylation sites is 2. The molecule has 0 radical (unpaired) electrons. The standard InChI is InChI=1S/C67H45NO/c1-4-18-46(19-5-1)49-20-14-21-50(44-49)47-36-40-54(41-37-47)68(55-42-38-48(39-43-55)58-31-16-32-60-59-28-11-13-35-64(59)69-66(58)60)56-27-15-22-51(45-56)57-30-17-34-63-65(57)61-29-10-12-33-62(61)67(63,52-23-6-2-7-24-52)53-25-8-3-9-26-53/h1-45H. The molecule has 0 N–H and O–H groups in total. The first kappa shape index (κ1) is 40.3. The maximum Gasteiger partial charge on any atom is 0.143 e. The van der Waals surface area contributed by atoms with Gasteiger partial charge >= 0.3 is 0 Å². The van der Waals surface area contributed by atoms with Crippen LogP contribution >= 0.6 is 0 Å². The van der Waals surface area contributed by atoms with Crippen LogP contribution in [-0.4, -0.2) is 0 Å². The topological polar surface area (TPSA) is 16.4 Å². The van der Waals surface area contributed by atoms with Crippen LogP contribution in [0.2, 0.25) is 0 Å². The third-order valence-electron chi connectivity index (χ3n) is 14.2. The highest BCUT2D eigenvalue weighted by Crippen LogP contribution is 2.58. The van der Waals surface area contributed by atoms with E-state index in [-0.39, 0.29) is 0 Å². The lowest BCUT2D eigenvalue weighted by Crippen LogP contribution is -2.28. The molecular formula is C67H45NO. The van der Waals surface area contributed by atoms with Crippen LogP contribution in [0.3, 0.4) is 0 Å². The first-order chi connectivity index (χ1) is 34.2. The van der Waals surface area contributed by atoms with Crippen molar-refractivity contribution >= 4 is 39.0 Å². The largest absolute Gasteiger partial charge is 0.455 e. The van der Waals surface area contributed by atoms with Gasteiger partial charge in [-0.2, -0.15) is 0 Å². The lowest BCUT2D eigenvalue weighted by atomic mass is 9.67. The second-order valence-electron chi connectivity index (χ2n) is 18.0. The highest BCUT2D eigenvalue weighted by molar-refractivity contribution is 6.09. The van der Waals surface area contributed by atoms with E-state index in [1.54, 1.807) is 0 Å². The normalized spacial score (nSPS) is 12.5. The smallest absolute Gasteiger partial charge is 0.143 e. The predicted molar refractivity (Wildman–Crippen MR) is 287 cm³/mol. The molecule has 2 nitrogen and oxygen atoms in total. The lowest BCUT2D eigenvalue weighted by molar-refractivity contribution is 0.670. The van der Waals surface area contributed by atoms with Crippen molar-refractivity contribution in [2.45, 2.75) is 5.41 Å². The van der Waals surface area contributed by atoms with E-state index in [9.17, 15) is 0 Å². The Morgan fingerprint density at radius 2 is 0.783 bits per heavy atom. The fraction of sp³-hybridized carbons (Fsp3) is 0.0149. The zero-order valence-electron chi connectivity index (χ0n) is 37.8. The van der Waals surface area contributed by atoms with Crippen molar-refractivity contribution in [3.05, 3.63) is 295 Å². The van der Waals surface area contributed by atoms with E-state index in [1.165, 1.54) is 61.2 Å². The van der Waals surface area contributed by atoms with E-state index in [0.717, 1.165) is 55.7 Å². The summed E-state index contributed by atoms with van der Waals surface area (Å²) in [4.78, 5) is 2.38. The van der Waals surface area contributed by atoms with Gasteiger partial charge in [-0.05, 0) is 121 Å². The molecule has 1 aliphatic carbocycles. The van der Waals surface area contributed by atoms with E-state index in [1.807, 2.05) is 12.1 Å². The Hall–Kier alpha value is -8.98. The number of rotatable bonds is 9. The number of anilines is 3. The van der Waals surface area contributed by atoms with Gasteiger partial charge in [0.1, 0.15) is 11.2 Å². The van der Waals surface area contributed by atoms with Crippen LogP contribution in [0.15, 0.2) is 277 Å². The molecule has 1 heterocycles. The molecule has 0 fully saturated rings. The van der Waals surface area contributed by atoms with Crippen molar-refractivity contribution in [3.63, 3.8) is 0 Å². The summed E-state index contributed by atoms with van der Waals surface area (Å²) in [5, 5.41) is 2.26. The molecular weight excluding hydrogens is 835 g/mol. The number of hydrogen-bond acceptors (Lipinski definition) is 2. The summed E-state index contributed by atoms with van der Waals surface area (Å²) in [5.74, 6) is 0. The molecule has 0 unspecified atom stereocenters. The Morgan fingerprint density at radius 1 is 0.290 bits per heavy atom. The summed E-state index contributed by atoms with van der Waals surface area (Å²) in [5.41, 5.74) is 21.5. The summed E-state index contributed by atoms with van der Waals surface area (Å²) in [6.45, 7) is 0. The maximum absolute atomic E-state index is 6.50. The van der Waals surface area contributed by atoms with Gasteiger partial charge in [0.05, 0.1) is 5.41 Å². The van der Waals surface area contributed by atoms with Crippen LogP contribution < -0.4 is 4.90 Å². The van der Waals surface area contributed by atoms with Crippen LogP contribution in [0.1, 0.15) is 22.3 Å². The van der Waals surface area contributed by atoms with Crippen LogP contribution in [0.5, 0.6) is 0 Å². The molecule has 0 saturated heterocycles. The van der Waals surface area contributed by atoms with Gasteiger partial charge in [0.2, 0.25) is 0 Å². The molecule has 0 aliphatic heterocycles. The van der Waals surface area contributed by atoms with Crippen LogP contribution in [0.4, 0.5) is 17.1 Å². The molecule has 1 aromatic heterocycles. The third kappa shape index (κ3) is 6.72. The van der Waals surface area contributed by atoms with E-state index in [0.29, 0.717) is 0 Å². The third-order valence-corrected chi connectivity index (χ3v) is 14.2. The number of fused-ring (bicyclic) bond motifs is 6. The second kappa shape index (κ2) is 16.7. The van der Waals surface area contributed by atoms with Crippen LogP contribution in [0.25, 0.3) is 77.6 Å². The fourth-order valence-electron chi connectivity index (χ4n) is 11.1. The first-order valence-corrected chi connectivity index (χ1v) is 23.7. The van der Waals surface area contributed by atoms with Gasteiger partial charge in [0.25, 0.3) is 0 Å². The van der Waals surface area contributed by atoms with Gasteiger partial charge in [-0.1, -0.05) is 224 Å². The van der Waals surface area contributed by atoms with Gasteiger partial charge in [0.15, 0.2) is 0 Å². The summed E-state index contributed by atoms with van der Waals surface area (Å²) in [7, 11) is 0. The molecule has 0 atom stereocenters. The minimum atomic E-state index is -0.481. The monoisotopic (exact) mass is 879 g/mol. The Labute approximate surface area is 402 Å². The average Bonchev–Trinajstić information content (AvgIpc) is 3.97. The molecule has 13 rings (SSSR count). The Morgan fingerprint density at radius 3 is 1.51 bits per heavy atom. The average molecular weight is 880 g/mol. The second-order valence-corrected chi connectivity index (χ2v) is 18.0. The van der Waals surface area contributed by atoms with Crippen LogP contribution in [-0.2, 0) is 5.41 Å². The number of benzene rings is 11. The minimum Gasteiger partial charge on any atom is -0.455 e. The number of hydrogen-bond donors (Lipinski definition) is 0. The van der Waals surface area contributed by atoms with Crippen LogP contribution in [0, 0.1) is 0 Å². The summed E-state index contributed by atoms with van der Waals surface area (Å²) >= 11 is 0. The quantitative estimate of drug-likeness (QED) is 0.144. The number of nitrogens with zero attached hydrogens (tertiary/aromatic N) is 1. The molecule has 0 saturated carbocycles. The lowest BCUT2D eigenvalue weighted by Gasteiger charge is -2.34. The van der Waals surface area contributed by atoms with Gasteiger partial charge in [0, 0.05) is 33.4 Å². The van der Waals surface area contributed by atoms with Crippen molar-refractivity contribution < 1.29 is 4.42 Å². The highest BCUT2D eigenvalue weighted by atomic mass is 16.3.